The van der Waals surface area contributed by atoms with Crippen LogP contribution in [0.5, 0.6) is 11.5 Å². The van der Waals surface area contributed by atoms with E-state index in [4.69, 9.17) is 9.47 Å². The number of rotatable bonds is 4. The van der Waals surface area contributed by atoms with Gasteiger partial charge < -0.3 is 19.4 Å². The van der Waals surface area contributed by atoms with Crippen LogP contribution in [0.3, 0.4) is 0 Å². The van der Waals surface area contributed by atoms with Crippen LogP contribution in [0.4, 0.5) is 0 Å². The summed E-state index contributed by atoms with van der Waals surface area (Å²) in [6.45, 7) is 3.96. The van der Waals surface area contributed by atoms with E-state index in [0.717, 1.165) is 33.7 Å². The van der Waals surface area contributed by atoms with Crippen molar-refractivity contribution >= 4 is 11.0 Å². The van der Waals surface area contributed by atoms with Crippen LogP contribution in [0.2, 0.25) is 0 Å². The molecule has 3 aromatic rings. The molecular weight excluding hydrogens is 280 g/mol. The molecule has 0 bridgehead atoms. The summed E-state index contributed by atoms with van der Waals surface area (Å²) in [4.78, 5) is 16.9. The normalized spacial score (nSPS) is 11.1. The summed E-state index contributed by atoms with van der Waals surface area (Å²) >= 11 is 0. The largest absolute Gasteiger partial charge is 0.496 e. The average molecular weight is 298 g/mol. The third-order valence-corrected chi connectivity index (χ3v) is 3.38. The van der Waals surface area contributed by atoms with Gasteiger partial charge >= 0.3 is 5.69 Å². The molecule has 5 nitrogen and oxygen atoms in total. The highest BCUT2D eigenvalue weighted by atomic mass is 16.5. The molecule has 5 heteroatoms. The Hall–Kier alpha value is -2.69. The lowest BCUT2D eigenvalue weighted by atomic mass is 10.0. The topological polar surface area (TPSA) is 67.1 Å². The molecule has 22 heavy (non-hydrogen) atoms. The van der Waals surface area contributed by atoms with Gasteiger partial charge in [-0.15, -0.1) is 0 Å². The van der Waals surface area contributed by atoms with Gasteiger partial charge in [0.05, 0.1) is 29.8 Å². The molecule has 1 aromatic heterocycles. The van der Waals surface area contributed by atoms with E-state index in [9.17, 15) is 4.79 Å². The molecule has 0 saturated carbocycles. The van der Waals surface area contributed by atoms with Crippen LogP contribution in [0.25, 0.3) is 22.2 Å². The smallest absolute Gasteiger partial charge is 0.323 e. The van der Waals surface area contributed by atoms with Crippen LogP contribution in [0.15, 0.2) is 41.2 Å². The van der Waals surface area contributed by atoms with Crippen LogP contribution >= 0.6 is 0 Å². The van der Waals surface area contributed by atoms with Gasteiger partial charge in [-0.3, -0.25) is 0 Å². The molecule has 0 fully saturated rings. The van der Waals surface area contributed by atoms with E-state index in [1.807, 2.05) is 50.2 Å². The van der Waals surface area contributed by atoms with Crippen LogP contribution in [0.1, 0.15) is 13.8 Å². The minimum Gasteiger partial charge on any atom is -0.496 e. The van der Waals surface area contributed by atoms with E-state index in [2.05, 4.69) is 9.97 Å². The highest BCUT2D eigenvalue weighted by molar-refractivity contribution is 5.85. The first kappa shape index (κ1) is 14.3. The molecule has 3 rings (SSSR count). The molecule has 0 unspecified atom stereocenters. The van der Waals surface area contributed by atoms with Gasteiger partial charge in [-0.05, 0) is 43.7 Å². The number of aromatic amines is 2. The van der Waals surface area contributed by atoms with Crippen molar-refractivity contribution in [2.45, 2.75) is 20.0 Å². The first-order chi connectivity index (χ1) is 10.6. The Labute approximate surface area is 127 Å². The number of nitrogens with one attached hydrogen (secondary N) is 2. The highest BCUT2D eigenvalue weighted by Crippen LogP contribution is 2.39. The molecule has 1 heterocycles. The maximum absolute atomic E-state index is 11.4. The standard InChI is InChI=1S/C17H18N2O3/c1-10(2)22-15-6-4-5-14(21-3)16(15)11-7-8-12-13(9-11)19-17(20)18-12/h4-10H,1-3H3,(H2,18,19,20). The monoisotopic (exact) mass is 298 g/mol. The molecule has 0 spiro atoms. The van der Waals surface area contributed by atoms with Crippen molar-refractivity contribution in [1.82, 2.24) is 9.97 Å². The summed E-state index contributed by atoms with van der Waals surface area (Å²) in [7, 11) is 1.63. The third kappa shape index (κ3) is 2.57. The number of imidazole rings is 1. The minimum atomic E-state index is -0.217. The fourth-order valence-corrected chi connectivity index (χ4v) is 2.51. The van der Waals surface area contributed by atoms with E-state index in [1.165, 1.54) is 0 Å². The number of H-pyrrole nitrogens is 2. The molecule has 2 aromatic carbocycles. The van der Waals surface area contributed by atoms with Gasteiger partial charge in [0, 0.05) is 0 Å². The van der Waals surface area contributed by atoms with Crippen molar-refractivity contribution in [3.05, 3.63) is 46.9 Å². The molecule has 0 saturated heterocycles. The van der Waals surface area contributed by atoms with Crippen molar-refractivity contribution in [3.63, 3.8) is 0 Å². The number of hydrogen-bond acceptors (Lipinski definition) is 3. The van der Waals surface area contributed by atoms with E-state index < -0.39 is 0 Å². The number of ether oxygens (including phenoxy) is 2. The summed E-state index contributed by atoms with van der Waals surface area (Å²) in [5.41, 5.74) is 3.11. The van der Waals surface area contributed by atoms with Crippen LogP contribution in [0, 0.1) is 0 Å². The second kappa shape index (κ2) is 5.60. The lowest BCUT2D eigenvalue weighted by Crippen LogP contribution is -2.07. The second-order valence-corrected chi connectivity index (χ2v) is 5.34. The summed E-state index contributed by atoms with van der Waals surface area (Å²) in [5, 5.41) is 0. The Morgan fingerprint density at radius 2 is 1.73 bits per heavy atom. The van der Waals surface area contributed by atoms with Crippen LogP contribution in [-0.4, -0.2) is 23.2 Å². The Bertz CT molecular complexity index is 862. The number of aromatic nitrogens is 2. The SMILES string of the molecule is COc1cccc(OC(C)C)c1-c1ccc2[nH]c(=O)[nH]c2c1. The van der Waals surface area contributed by atoms with E-state index in [-0.39, 0.29) is 11.8 Å². The van der Waals surface area contributed by atoms with Crippen molar-refractivity contribution in [2.75, 3.05) is 7.11 Å². The fourth-order valence-electron chi connectivity index (χ4n) is 2.51. The fraction of sp³-hybridized carbons (Fsp3) is 0.235. The minimum absolute atomic E-state index is 0.0571. The van der Waals surface area contributed by atoms with Crippen molar-refractivity contribution in [2.24, 2.45) is 0 Å². The maximum atomic E-state index is 11.4. The van der Waals surface area contributed by atoms with Crippen LogP contribution < -0.4 is 15.2 Å². The first-order valence-electron chi connectivity index (χ1n) is 7.14. The van der Waals surface area contributed by atoms with Gasteiger partial charge in [0.25, 0.3) is 0 Å². The number of benzene rings is 2. The van der Waals surface area contributed by atoms with Gasteiger partial charge in [0.1, 0.15) is 11.5 Å². The predicted molar refractivity (Wildman–Crippen MR) is 86.7 cm³/mol. The zero-order valence-electron chi connectivity index (χ0n) is 12.8. The Morgan fingerprint density at radius 3 is 2.45 bits per heavy atom. The summed E-state index contributed by atoms with van der Waals surface area (Å²) in [5.74, 6) is 1.49. The molecule has 0 aliphatic rings. The van der Waals surface area contributed by atoms with E-state index >= 15 is 0 Å². The number of hydrogen-bond donors (Lipinski definition) is 2. The number of methoxy groups -OCH3 is 1. The molecule has 0 aliphatic heterocycles. The molecule has 0 aliphatic carbocycles. The summed E-state index contributed by atoms with van der Waals surface area (Å²) in [6.07, 6.45) is 0.0571. The van der Waals surface area contributed by atoms with Gasteiger partial charge in [-0.25, -0.2) is 4.79 Å². The average Bonchev–Trinajstić information content (AvgIpc) is 2.85. The van der Waals surface area contributed by atoms with Crippen molar-refractivity contribution < 1.29 is 9.47 Å². The van der Waals surface area contributed by atoms with Gasteiger partial charge in [0.2, 0.25) is 0 Å². The Morgan fingerprint density at radius 1 is 1.00 bits per heavy atom. The van der Waals surface area contributed by atoms with Gasteiger partial charge in [-0.1, -0.05) is 12.1 Å². The summed E-state index contributed by atoms with van der Waals surface area (Å²) < 4.78 is 11.4. The Balaban J connectivity index is 2.20. The predicted octanol–water partition coefficient (Wildman–Crippen LogP) is 3.32. The molecular formula is C17H18N2O3. The second-order valence-electron chi connectivity index (χ2n) is 5.34. The molecule has 2 N–H and O–H groups in total. The number of fused-ring (bicyclic) bond motifs is 1. The van der Waals surface area contributed by atoms with Crippen molar-refractivity contribution in [3.8, 4) is 22.6 Å². The quantitative estimate of drug-likeness (QED) is 0.776. The first-order valence-corrected chi connectivity index (χ1v) is 7.14. The van der Waals surface area contributed by atoms with E-state index in [0.29, 0.717) is 0 Å². The van der Waals surface area contributed by atoms with Crippen molar-refractivity contribution in [1.29, 1.82) is 0 Å². The maximum Gasteiger partial charge on any atom is 0.323 e. The molecule has 0 atom stereocenters. The Kier molecular flexibility index (Phi) is 3.63. The lowest BCUT2D eigenvalue weighted by Gasteiger charge is -2.17. The third-order valence-electron chi connectivity index (χ3n) is 3.38. The van der Waals surface area contributed by atoms with Gasteiger partial charge in [0.15, 0.2) is 0 Å². The molecule has 0 radical (unpaired) electrons. The zero-order chi connectivity index (χ0) is 15.7. The molecule has 114 valence electrons. The lowest BCUT2D eigenvalue weighted by molar-refractivity contribution is 0.242. The summed E-state index contributed by atoms with van der Waals surface area (Å²) in [6, 6.07) is 11.4. The van der Waals surface area contributed by atoms with E-state index in [1.54, 1.807) is 7.11 Å². The molecule has 0 amide bonds. The van der Waals surface area contributed by atoms with Crippen LogP contribution in [-0.2, 0) is 0 Å². The van der Waals surface area contributed by atoms with Gasteiger partial charge in [-0.2, -0.15) is 0 Å². The highest BCUT2D eigenvalue weighted by Gasteiger charge is 2.14. The zero-order valence-corrected chi connectivity index (χ0v) is 12.8.